The molecule has 0 radical (unpaired) electrons. The monoisotopic (exact) mass is 398 g/mol. The Morgan fingerprint density at radius 1 is 0.933 bits per heavy atom. The standard InChI is InChI=1S/C26H22O4/c1-18-25(20-10-12-21(28-2)13-11-20)26(27)23-15-14-22(17-24(23)30-18)29-16-6-9-19-7-4-3-5-8-19/h3-15,17H,16H2,1-2H3. The minimum atomic E-state index is -0.0607. The van der Waals surface area contributed by atoms with Crippen LogP contribution in [0.25, 0.3) is 28.2 Å². The van der Waals surface area contributed by atoms with Gasteiger partial charge in [0, 0.05) is 6.07 Å². The zero-order chi connectivity index (χ0) is 20.9. The third kappa shape index (κ3) is 4.13. The van der Waals surface area contributed by atoms with Gasteiger partial charge in [-0.25, -0.2) is 0 Å². The zero-order valence-electron chi connectivity index (χ0n) is 16.9. The molecule has 4 aromatic rings. The predicted molar refractivity (Wildman–Crippen MR) is 120 cm³/mol. The van der Waals surface area contributed by atoms with E-state index in [2.05, 4.69) is 0 Å². The molecule has 0 saturated heterocycles. The number of methoxy groups -OCH3 is 1. The average molecular weight is 398 g/mol. The summed E-state index contributed by atoms with van der Waals surface area (Å²) in [6, 6.07) is 22.7. The van der Waals surface area contributed by atoms with E-state index in [1.54, 1.807) is 32.2 Å². The summed E-state index contributed by atoms with van der Waals surface area (Å²) < 4.78 is 17.0. The van der Waals surface area contributed by atoms with E-state index >= 15 is 0 Å². The van der Waals surface area contributed by atoms with Crippen LogP contribution in [-0.4, -0.2) is 13.7 Å². The third-order valence-corrected chi connectivity index (χ3v) is 4.87. The fraction of sp³-hybridized carbons (Fsp3) is 0.115. The summed E-state index contributed by atoms with van der Waals surface area (Å²) in [5.41, 5.74) is 2.93. The minimum Gasteiger partial charge on any atom is -0.497 e. The Hall–Kier alpha value is -3.79. The van der Waals surface area contributed by atoms with Crippen molar-refractivity contribution in [2.75, 3.05) is 13.7 Å². The summed E-state index contributed by atoms with van der Waals surface area (Å²) in [7, 11) is 1.61. The van der Waals surface area contributed by atoms with Crippen LogP contribution in [0.3, 0.4) is 0 Å². The Morgan fingerprint density at radius 3 is 2.40 bits per heavy atom. The maximum Gasteiger partial charge on any atom is 0.200 e. The molecule has 0 aliphatic carbocycles. The normalized spacial score (nSPS) is 11.1. The predicted octanol–water partition coefficient (Wildman–Crippen LogP) is 5.87. The Labute approximate surface area is 175 Å². The van der Waals surface area contributed by atoms with Gasteiger partial charge in [0.1, 0.15) is 29.4 Å². The summed E-state index contributed by atoms with van der Waals surface area (Å²) in [5.74, 6) is 1.96. The number of ether oxygens (including phenoxy) is 2. The van der Waals surface area contributed by atoms with Crippen molar-refractivity contribution in [2.45, 2.75) is 6.92 Å². The van der Waals surface area contributed by atoms with Crippen molar-refractivity contribution < 1.29 is 13.9 Å². The van der Waals surface area contributed by atoms with E-state index in [0.29, 0.717) is 34.6 Å². The summed E-state index contributed by atoms with van der Waals surface area (Å²) >= 11 is 0. The molecule has 30 heavy (non-hydrogen) atoms. The van der Waals surface area contributed by atoms with Crippen LogP contribution < -0.4 is 14.9 Å². The smallest absolute Gasteiger partial charge is 0.200 e. The first-order valence-electron chi connectivity index (χ1n) is 9.72. The highest BCUT2D eigenvalue weighted by Gasteiger charge is 2.14. The molecule has 0 aliphatic heterocycles. The van der Waals surface area contributed by atoms with Crippen molar-refractivity contribution in [3.05, 3.63) is 100 Å². The highest BCUT2D eigenvalue weighted by atomic mass is 16.5. The molecule has 0 saturated carbocycles. The first-order chi connectivity index (χ1) is 14.7. The molecule has 1 aromatic heterocycles. The van der Waals surface area contributed by atoms with Crippen molar-refractivity contribution in [3.8, 4) is 22.6 Å². The van der Waals surface area contributed by atoms with Gasteiger partial charge in [0.2, 0.25) is 5.43 Å². The summed E-state index contributed by atoms with van der Waals surface area (Å²) in [4.78, 5) is 13.1. The number of aryl methyl sites for hydroxylation is 1. The molecule has 4 rings (SSSR count). The van der Waals surface area contributed by atoms with Gasteiger partial charge in [-0.2, -0.15) is 0 Å². The van der Waals surface area contributed by atoms with Crippen LogP contribution in [0.2, 0.25) is 0 Å². The molecule has 0 unspecified atom stereocenters. The Morgan fingerprint density at radius 2 is 1.67 bits per heavy atom. The molecule has 4 nitrogen and oxygen atoms in total. The zero-order valence-corrected chi connectivity index (χ0v) is 16.9. The third-order valence-electron chi connectivity index (χ3n) is 4.87. The molecular formula is C26H22O4. The van der Waals surface area contributed by atoms with E-state index in [-0.39, 0.29) is 5.43 Å². The van der Waals surface area contributed by atoms with Gasteiger partial charge in [0.05, 0.1) is 18.1 Å². The second kappa shape index (κ2) is 8.70. The van der Waals surface area contributed by atoms with Crippen LogP contribution in [0.1, 0.15) is 11.3 Å². The van der Waals surface area contributed by atoms with Gasteiger partial charge in [-0.05, 0) is 48.4 Å². The van der Waals surface area contributed by atoms with Gasteiger partial charge >= 0.3 is 0 Å². The van der Waals surface area contributed by atoms with Crippen LogP contribution >= 0.6 is 0 Å². The first-order valence-corrected chi connectivity index (χ1v) is 9.72. The fourth-order valence-corrected chi connectivity index (χ4v) is 3.36. The largest absolute Gasteiger partial charge is 0.497 e. The van der Waals surface area contributed by atoms with Gasteiger partial charge in [0.15, 0.2) is 0 Å². The molecule has 0 fully saturated rings. The van der Waals surface area contributed by atoms with Crippen LogP contribution in [-0.2, 0) is 0 Å². The van der Waals surface area contributed by atoms with Crippen molar-refractivity contribution in [1.82, 2.24) is 0 Å². The fourth-order valence-electron chi connectivity index (χ4n) is 3.36. The van der Waals surface area contributed by atoms with Gasteiger partial charge in [-0.3, -0.25) is 4.79 Å². The molecule has 1 heterocycles. The first kappa shape index (κ1) is 19.5. The van der Waals surface area contributed by atoms with E-state index in [4.69, 9.17) is 13.9 Å². The molecule has 0 bridgehead atoms. The average Bonchev–Trinajstić information content (AvgIpc) is 2.78. The second-order valence-electron chi connectivity index (χ2n) is 6.87. The Balaban J connectivity index is 1.57. The number of rotatable bonds is 6. The molecule has 0 N–H and O–H groups in total. The van der Waals surface area contributed by atoms with E-state index in [1.165, 1.54) is 0 Å². The van der Waals surface area contributed by atoms with Crippen molar-refractivity contribution >= 4 is 17.0 Å². The van der Waals surface area contributed by atoms with Gasteiger partial charge in [-0.15, -0.1) is 0 Å². The van der Waals surface area contributed by atoms with E-state index < -0.39 is 0 Å². The highest BCUT2D eigenvalue weighted by molar-refractivity contribution is 5.83. The molecule has 3 aromatic carbocycles. The molecular weight excluding hydrogens is 376 g/mol. The SMILES string of the molecule is COc1ccc(-c2c(C)oc3cc(OCC=Cc4ccccc4)ccc3c2=O)cc1. The van der Waals surface area contributed by atoms with E-state index in [9.17, 15) is 4.79 Å². The maximum atomic E-state index is 13.1. The van der Waals surface area contributed by atoms with Crippen molar-refractivity contribution in [1.29, 1.82) is 0 Å². The quantitative estimate of drug-likeness (QED) is 0.408. The highest BCUT2D eigenvalue weighted by Crippen LogP contribution is 2.27. The maximum absolute atomic E-state index is 13.1. The second-order valence-corrected chi connectivity index (χ2v) is 6.87. The van der Waals surface area contributed by atoms with E-state index in [1.807, 2.05) is 66.7 Å². The summed E-state index contributed by atoms with van der Waals surface area (Å²) in [5, 5.41) is 0.526. The molecule has 0 spiro atoms. The number of hydrogen-bond acceptors (Lipinski definition) is 4. The lowest BCUT2D eigenvalue weighted by Crippen LogP contribution is -2.07. The number of hydrogen-bond donors (Lipinski definition) is 0. The lowest BCUT2D eigenvalue weighted by atomic mass is 10.0. The van der Waals surface area contributed by atoms with Crippen LogP contribution in [0, 0.1) is 6.92 Å². The van der Waals surface area contributed by atoms with Gasteiger partial charge in [0.25, 0.3) is 0 Å². The lowest BCUT2D eigenvalue weighted by molar-refractivity contribution is 0.363. The summed E-state index contributed by atoms with van der Waals surface area (Å²) in [6.07, 6.45) is 3.96. The van der Waals surface area contributed by atoms with Crippen LogP contribution in [0.5, 0.6) is 11.5 Å². The van der Waals surface area contributed by atoms with Gasteiger partial charge < -0.3 is 13.9 Å². The molecule has 0 aliphatic rings. The topological polar surface area (TPSA) is 48.7 Å². The summed E-state index contributed by atoms with van der Waals surface area (Å²) in [6.45, 7) is 2.23. The molecule has 0 amide bonds. The van der Waals surface area contributed by atoms with Gasteiger partial charge in [-0.1, -0.05) is 48.5 Å². The van der Waals surface area contributed by atoms with Crippen LogP contribution in [0.15, 0.2) is 88.1 Å². The Bertz CT molecular complexity index is 1240. The molecule has 0 atom stereocenters. The van der Waals surface area contributed by atoms with Crippen molar-refractivity contribution in [3.63, 3.8) is 0 Å². The van der Waals surface area contributed by atoms with E-state index in [0.717, 1.165) is 16.9 Å². The molecule has 4 heteroatoms. The van der Waals surface area contributed by atoms with Crippen LogP contribution in [0.4, 0.5) is 0 Å². The molecule has 150 valence electrons. The minimum absolute atomic E-state index is 0.0607. The number of fused-ring (bicyclic) bond motifs is 1. The Kier molecular flexibility index (Phi) is 5.66. The number of benzene rings is 3. The lowest BCUT2D eigenvalue weighted by Gasteiger charge is -2.09. The van der Waals surface area contributed by atoms with Crippen molar-refractivity contribution in [2.24, 2.45) is 0 Å².